The maximum absolute atomic E-state index is 8.99. The summed E-state index contributed by atoms with van der Waals surface area (Å²) in [6.45, 7) is 3.99. The van der Waals surface area contributed by atoms with E-state index in [9.17, 15) is 0 Å². The first kappa shape index (κ1) is 21.0. The van der Waals surface area contributed by atoms with Crippen LogP contribution >= 0.6 is 0 Å². The summed E-state index contributed by atoms with van der Waals surface area (Å²) >= 11 is 0. The SMILES string of the molecule is CNn1c(C)nc(CCCOC)c1C(=N)N1CCc2ccc(OC)c(OC)c2C1. The number of aryl methyl sites for hydroxylation is 2. The summed E-state index contributed by atoms with van der Waals surface area (Å²) in [6, 6.07) is 4.04. The number of methoxy groups -OCH3 is 3. The van der Waals surface area contributed by atoms with Crippen molar-refractivity contribution >= 4 is 5.84 Å². The predicted octanol–water partition coefficient (Wildman–Crippen LogP) is 2.34. The van der Waals surface area contributed by atoms with Crippen LogP contribution in [0.5, 0.6) is 11.5 Å². The molecule has 0 radical (unpaired) electrons. The van der Waals surface area contributed by atoms with Crippen molar-refractivity contribution in [3.8, 4) is 11.5 Å². The second-order valence-corrected chi connectivity index (χ2v) is 7.07. The Kier molecular flexibility index (Phi) is 6.64. The summed E-state index contributed by atoms with van der Waals surface area (Å²) in [5.74, 6) is 2.77. The first-order valence-electron chi connectivity index (χ1n) is 9.87. The van der Waals surface area contributed by atoms with E-state index in [0.717, 1.165) is 60.1 Å². The molecule has 0 fully saturated rings. The topological polar surface area (TPSA) is 84.6 Å². The molecule has 1 aliphatic heterocycles. The van der Waals surface area contributed by atoms with Crippen molar-refractivity contribution in [2.45, 2.75) is 32.7 Å². The molecule has 0 saturated heterocycles. The molecule has 2 aromatic rings. The number of benzene rings is 1. The third kappa shape index (κ3) is 4.03. The third-order valence-corrected chi connectivity index (χ3v) is 5.39. The molecular weight excluding hydrogens is 370 g/mol. The molecular formula is C21H31N5O3. The van der Waals surface area contributed by atoms with Crippen LogP contribution in [-0.2, 0) is 24.1 Å². The van der Waals surface area contributed by atoms with E-state index in [2.05, 4.69) is 16.4 Å². The first-order chi connectivity index (χ1) is 14.0. The number of aromatic nitrogens is 2. The lowest BCUT2D eigenvalue weighted by Crippen LogP contribution is -2.38. The number of hydrogen-bond acceptors (Lipinski definition) is 6. The van der Waals surface area contributed by atoms with Gasteiger partial charge < -0.3 is 24.5 Å². The Balaban J connectivity index is 1.92. The molecule has 0 amide bonds. The van der Waals surface area contributed by atoms with E-state index in [1.165, 1.54) is 5.56 Å². The monoisotopic (exact) mass is 401 g/mol. The molecule has 1 aliphatic rings. The van der Waals surface area contributed by atoms with Crippen LogP contribution < -0.4 is 14.9 Å². The van der Waals surface area contributed by atoms with Gasteiger partial charge in [-0.3, -0.25) is 5.41 Å². The fourth-order valence-electron chi connectivity index (χ4n) is 3.97. The van der Waals surface area contributed by atoms with Crippen LogP contribution in [0.2, 0.25) is 0 Å². The molecule has 0 unspecified atom stereocenters. The number of fused-ring (bicyclic) bond motifs is 1. The quantitative estimate of drug-likeness (QED) is 0.401. The van der Waals surface area contributed by atoms with Gasteiger partial charge in [0.1, 0.15) is 17.4 Å². The second-order valence-electron chi connectivity index (χ2n) is 7.07. The lowest BCUT2D eigenvalue weighted by molar-refractivity contribution is 0.195. The molecule has 29 heavy (non-hydrogen) atoms. The van der Waals surface area contributed by atoms with Gasteiger partial charge in [0, 0.05) is 39.4 Å². The highest BCUT2D eigenvalue weighted by atomic mass is 16.5. The number of nitrogens with one attached hydrogen (secondary N) is 2. The van der Waals surface area contributed by atoms with E-state index in [0.29, 0.717) is 19.0 Å². The third-order valence-electron chi connectivity index (χ3n) is 5.39. The molecule has 0 aliphatic carbocycles. The minimum Gasteiger partial charge on any atom is -0.493 e. The van der Waals surface area contributed by atoms with Gasteiger partial charge in [-0.1, -0.05) is 6.07 Å². The largest absolute Gasteiger partial charge is 0.493 e. The smallest absolute Gasteiger partial charge is 0.165 e. The highest BCUT2D eigenvalue weighted by molar-refractivity contribution is 5.96. The molecule has 158 valence electrons. The van der Waals surface area contributed by atoms with Gasteiger partial charge in [0.05, 0.1) is 19.9 Å². The van der Waals surface area contributed by atoms with Crippen LogP contribution in [0.25, 0.3) is 0 Å². The van der Waals surface area contributed by atoms with Crippen LogP contribution in [-0.4, -0.2) is 61.9 Å². The van der Waals surface area contributed by atoms with E-state index < -0.39 is 0 Å². The van der Waals surface area contributed by atoms with Crippen molar-refractivity contribution in [3.63, 3.8) is 0 Å². The summed E-state index contributed by atoms with van der Waals surface area (Å²) in [5.41, 5.74) is 7.22. The molecule has 2 heterocycles. The van der Waals surface area contributed by atoms with Crippen LogP contribution in [0, 0.1) is 12.3 Å². The molecule has 0 spiro atoms. The van der Waals surface area contributed by atoms with Gasteiger partial charge in [-0.2, -0.15) is 0 Å². The van der Waals surface area contributed by atoms with Gasteiger partial charge in [-0.05, 0) is 37.8 Å². The fourth-order valence-corrected chi connectivity index (χ4v) is 3.97. The van der Waals surface area contributed by atoms with E-state index in [1.807, 2.05) is 24.7 Å². The van der Waals surface area contributed by atoms with Gasteiger partial charge in [0.2, 0.25) is 0 Å². The van der Waals surface area contributed by atoms with Crippen molar-refractivity contribution in [1.29, 1.82) is 5.41 Å². The summed E-state index contributed by atoms with van der Waals surface area (Å²) in [4.78, 5) is 6.79. The minimum absolute atomic E-state index is 0.461. The average molecular weight is 402 g/mol. The van der Waals surface area contributed by atoms with Crippen molar-refractivity contribution in [2.75, 3.05) is 47.0 Å². The lowest BCUT2D eigenvalue weighted by Gasteiger charge is -2.32. The van der Waals surface area contributed by atoms with Crippen molar-refractivity contribution < 1.29 is 14.2 Å². The number of rotatable bonds is 8. The molecule has 2 N–H and O–H groups in total. The number of amidine groups is 1. The second kappa shape index (κ2) is 9.17. The normalized spacial score (nSPS) is 13.2. The first-order valence-corrected chi connectivity index (χ1v) is 9.87. The Bertz CT molecular complexity index is 878. The lowest BCUT2D eigenvalue weighted by atomic mass is 9.97. The Hall–Kier alpha value is -2.74. The molecule has 1 aromatic carbocycles. The zero-order chi connectivity index (χ0) is 21.0. The summed E-state index contributed by atoms with van der Waals surface area (Å²) in [7, 11) is 6.86. The summed E-state index contributed by atoms with van der Waals surface area (Å²) < 4.78 is 18.2. The Labute approximate surface area is 172 Å². The number of ether oxygens (including phenoxy) is 3. The molecule has 0 saturated carbocycles. The Morgan fingerprint density at radius 1 is 1.24 bits per heavy atom. The Morgan fingerprint density at radius 3 is 2.69 bits per heavy atom. The van der Waals surface area contributed by atoms with Crippen molar-refractivity contribution in [2.24, 2.45) is 0 Å². The van der Waals surface area contributed by atoms with Crippen LogP contribution in [0.1, 0.15) is 34.8 Å². The average Bonchev–Trinajstić information content (AvgIpc) is 3.06. The van der Waals surface area contributed by atoms with Crippen molar-refractivity contribution in [1.82, 2.24) is 14.6 Å². The van der Waals surface area contributed by atoms with Crippen LogP contribution in [0.15, 0.2) is 12.1 Å². The minimum atomic E-state index is 0.461. The van der Waals surface area contributed by atoms with Gasteiger partial charge in [0.15, 0.2) is 11.5 Å². The molecule has 3 rings (SSSR count). The molecule has 8 nitrogen and oxygen atoms in total. The van der Waals surface area contributed by atoms with Gasteiger partial charge >= 0.3 is 0 Å². The fraction of sp³-hybridized carbons (Fsp3) is 0.524. The highest BCUT2D eigenvalue weighted by Gasteiger charge is 2.28. The van der Waals surface area contributed by atoms with E-state index in [4.69, 9.17) is 24.6 Å². The molecule has 0 atom stereocenters. The number of imidazole rings is 1. The zero-order valence-electron chi connectivity index (χ0n) is 18.0. The number of nitrogens with zero attached hydrogens (tertiary/aromatic N) is 3. The predicted molar refractivity (Wildman–Crippen MR) is 113 cm³/mol. The van der Waals surface area contributed by atoms with Crippen LogP contribution in [0.3, 0.4) is 0 Å². The van der Waals surface area contributed by atoms with Gasteiger partial charge in [0.25, 0.3) is 0 Å². The standard InChI is InChI=1S/C21H31N5O3/c1-14-24-17(7-6-12-27-3)19(26(14)23-2)21(22)25-11-10-15-8-9-18(28-4)20(29-5)16(15)13-25/h8-9,22-23H,6-7,10-13H2,1-5H3. The molecule has 0 bridgehead atoms. The van der Waals surface area contributed by atoms with E-state index >= 15 is 0 Å². The van der Waals surface area contributed by atoms with E-state index in [1.54, 1.807) is 21.3 Å². The number of hydrogen-bond donors (Lipinski definition) is 2. The maximum Gasteiger partial charge on any atom is 0.165 e. The summed E-state index contributed by atoms with van der Waals surface area (Å²) in [5, 5.41) is 8.99. The van der Waals surface area contributed by atoms with Crippen molar-refractivity contribution in [3.05, 3.63) is 40.5 Å². The Morgan fingerprint density at radius 2 is 2.03 bits per heavy atom. The van der Waals surface area contributed by atoms with E-state index in [-0.39, 0.29) is 0 Å². The van der Waals surface area contributed by atoms with Gasteiger partial charge in [-0.25, -0.2) is 9.66 Å². The van der Waals surface area contributed by atoms with Gasteiger partial charge in [-0.15, -0.1) is 0 Å². The summed E-state index contributed by atoms with van der Waals surface area (Å²) in [6.07, 6.45) is 2.48. The highest BCUT2D eigenvalue weighted by Crippen LogP contribution is 2.36. The zero-order valence-corrected chi connectivity index (χ0v) is 18.0. The maximum atomic E-state index is 8.99. The molecule has 1 aromatic heterocycles. The molecule has 8 heteroatoms. The van der Waals surface area contributed by atoms with Crippen LogP contribution in [0.4, 0.5) is 0 Å².